The van der Waals surface area contributed by atoms with Gasteiger partial charge in [-0.05, 0) is 31.4 Å². The molecule has 0 saturated carbocycles. The molecule has 122 valence electrons. The fourth-order valence-corrected chi connectivity index (χ4v) is 3.49. The molecule has 0 aliphatic carbocycles. The number of anilines is 1. The first-order valence-electron chi connectivity index (χ1n) is 8.00. The molecule has 1 unspecified atom stereocenters. The minimum absolute atomic E-state index is 0. The minimum atomic E-state index is -0.0751. The lowest BCUT2D eigenvalue weighted by atomic mass is 9.94. The fraction of sp³-hybridized carbons (Fsp3) is 0.588. The van der Waals surface area contributed by atoms with Crippen LogP contribution in [0.3, 0.4) is 0 Å². The molecule has 1 atom stereocenters. The predicted molar refractivity (Wildman–Crippen MR) is 90.8 cm³/mol. The molecule has 1 aromatic rings. The molecule has 2 aliphatic heterocycles. The highest BCUT2D eigenvalue weighted by atomic mass is 35.5. The number of hydrogen-bond donors (Lipinski definition) is 0. The molecule has 3 rings (SSSR count). The van der Waals surface area contributed by atoms with Gasteiger partial charge in [0, 0.05) is 37.9 Å². The van der Waals surface area contributed by atoms with Crippen LogP contribution in [0.1, 0.15) is 25.3 Å². The first-order valence-corrected chi connectivity index (χ1v) is 8.00. The highest BCUT2D eigenvalue weighted by molar-refractivity contribution is 5.85. The van der Waals surface area contributed by atoms with E-state index < -0.39 is 0 Å². The number of carbonyl (C=O) groups excluding carboxylic acids is 1. The number of nitrogens with zero attached hydrogens (tertiary/aromatic N) is 2. The van der Waals surface area contributed by atoms with Crippen LogP contribution in [0.4, 0.5) is 5.69 Å². The molecule has 5 heteroatoms. The highest BCUT2D eigenvalue weighted by Gasteiger charge is 2.31. The van der Waals surface area contributed by atoms with Crippen molar-refractivity contribution in [1.82, 2.24) is 4.90 Å². The lowest BCUT2D eigenvalue weighted by molar-refractivity contribution is -0.143. The Labute approximate surface area is 138 Å². The molecule has 0 bridgehead atoms. The molecular weight excluding hydrogens is 300 g/mol. The summed E-state index contributed by atoms with van der Waals surface area (Å²) in [6, 6.07) is 9.35. The molecule has 0 radical (unpaired) electrons. The van der Waals surface area contributed by atoms with Crippen molar-refractivity contribution in [2.75, 3.05) is 37.7 Å². The second kappa shape index (κ2) is 7.84. The van der Waals surface area contributed by atoms with E-state index in [1.807, 2.05) is 6.92 Å². The van der Waals surface area contributed by atoms with Crippen molar-refractivity contribution in [3.8, 4) is 0 Å². The van der Waals surface area contributed by atoms with Crippen LogP contribution in [0.15, 0.2) is 24.3 Å². The Morgan fingerprint density at radius 3 is 2.95 bits per heavy atom. The van der Waals surface area contributed by atoms with Gasteiger partial charge in [-0.15, -0.1) is 12.4 Å². The summed E-state index contributed by atoms with van der Waals surface area (Å²) in [6.07, 6.45) is 2.90. The maximum Gasteiger partial charge on any atom is 0.307 e. The van der Waals surface area contributed by atoms with Gasteiger partial charge >= 0.3 is 5.97 Å². The first-order chi connectivity index (χ1) is 10.3. The van der Waals surface area contributed by atoms with Crippen LogP contribution in [0.2, 0.25) is 0 Å². The Balaban J connectivity index is 0.00000176. The van der Waals surface area contributed by atoms with Gasteiger partial charge in [0.25, 0.3) is 0 Å². The number of carbonyl (C=O) groups is 1. The molecule has 0 aromatic heterocycles. The number of halogens is 1. The van der Waals surface area contributed by atoms with E-state index in [1.165, 1.54) is 24.1 Å². The normalized spacial score (nSPS) is 20.6. The number of piperazine rings is 1. The second-order valence-electron chi connectivity index (χ2n) is 5.87. The predicted octanol–water partition coefficient (Wildman–Crippen LogP) is 2.50. The number of para-hydroxylation sites is 1. The van der Waals surface area contributed by atoms with Crippen LogP contribution < -0.4 is 4.90 Å². The number of fused-ring (bicyclic) bond motifs is 3. The van der Waals surface area contributed by atoms with Crippen molar-refractivity contribution in [3.63, 3.8) is 0 Å². The molecule has 22 heavy (non-hydrogen) atoms. The Morgan fingerprint density at radius 2 is 2.14 bits per heavy atom. The van der Waals surface area contributed by atoms with Gasteiger partial charge in [0.15, 0.2) is 0 Å². The summed E-state index contributed by atoms with van der Waals surface area (Å²) >= 11 is 0. The maximum absolute atomic E-state index is 11.5. The summed E-state index contributed by atoms with van der Waals surface area (Å²) in [5, 5.41) is 0. The van der Waals surface area contributed by atoms with E-state index in [1.54, 1.807) is 0 Å². The number of ether oxygens (including phenoxy) is 1. The van der Waals surface area contributed by atoms with Crippen LogP contribution in [-0.4, -0.2) is 49.7 Å². The number of aryl methyl sites for hydroxylation is 1. The largest absolute Gasteiger partial charge is 0.466 e. The van der Waals surface area contributed by atoms with Gasteiger partial charge in [-0.2, -0.15) is 0 Å². The third-order valence-electron chi connectivity index (χ3n) is 4.55. The molecule has 1 aromatic carbocycles. The summed E-state index contributed by atoms with van der Waals surface area (Å²) in [7, 11) is 0. The van der Waals surface area contributed by atoms with E-state index in [4.69, 9.17) is 4.74 Å². The zero-order chi connectivity index (χ0) is 14.7. The molecular formula is C17H25ClN2O2. The van der Waals surface area contributed by atoms with E-state index in [0.717, 1.165) is 26.2 Å². The standard InChI is InChI=1S/C17H24N2O2.ClH/c1-2-21-17(20)9-10-18-11-12-19-15(13-18)8-7-14-5-3-4-6-16(14)19;/h3-6,15H,2,7-13H2,1H3;1H. The average molecular weight is 325 g/mol. The number of rotatable bonds is 4. The lowest BCUT2D eigenvalue weighted by Crippen LogP contribution is -2.55. The third kappa shape index (κ3) is 3.73. The van der Waals surface area contributed by atoms with Crippen molar-refractivity contribution < 1.29 is 9.53 Å². The molecule has 1 fully saturated rings. The third-order valence-corrected chi connectivity index (χ3v) is 4.55. The van der Waals surface area contributed by atoms with Gasteiger partial charge in [0.2, 0.25) is 0 Å². The zero-order valence-corrected chi connectivity index (χ0v) is 14.0. The molecule has 2 aliphatic rings. The second-order valence-corrected chi connectivity index (χ2v) is 5.87. The van der Waals surface area contributed by atoms with E-state index >= 15 is 0 Å². The Hall–Kier alpha value is -1.26. The van der Waals surface area contributed by atoms with E-state index in [-0.39, 0.29) is 18.4 Å². The van der Waals surface area contributed by atoms with Gasteiger partial charge in [-0.1, -0.05) is 18.2 Å². The zero-order valence-electron chi connectivity index (χ0n) is 13.2. The van der Waals surface area contributed by atoms with Crippen molar-refractivity contribution >= 4 is 24.1 Å². The molecule has 0 amide bonds. The maximum atomic E-state index is 11.5. The van der Waals surface area contributed by atoms with Crippen molar-refractivity contribution in [2.45, 2.75) is 32.2 Å². The van der Waals surface area contributed by atoms with Crippen LogP contribution in [-0.2, 0) is 16.0 Å². The summed E-state index contributed by atoms with van der Waals surface area (Å²) in [4.78, 5) is 16.4. The topological polar surface area (TPSA) is 32.8 Å². The van der Waals surface area contributed by atoms with E-state index in [9.17, 15) is 4.79 Å². The van der Waals surface area contributed by atoms with Crippen LogP contribution in [0.25, 0.3) is 0 Å². The summed E-state index contributed by atoms with van der Waals surface area (Å²) in [6.45, 7) is 6.31. The Bertz CT molecular complexity index is 509. The monoisotopic (exact) mass is 324 g/mol. The van der Waals surface area contributed by atoms with Gasteiger partial charge in [0.1, 0.15) is 0 Å². The van der Waals surface area contributed by atoms with Crippen molar-refractivity contribution in [2.24, 2.45) is 0 Å². The van der Waals surface area contributed by atoms with Gasteiger partial charge in [0.05, 0.1) is 13.0 Å². The first kappa shape index (κ1) is 17.1. The summed E-state index contributed by atoms with van der Waals surface area (Å²) in [5.74, 6) is -0.0751. The molecule has 2 heterocycles. The molecule has 4 nitrogen and oxygen atoms in total. The summed E-state index contributed by atoms with van der Waals surface area (Å²) in [5.41, 5.74) is 2.90. The highest BCUT2D eigenvalue weighted by Crippen LogP contribution is 2.32. The van der Waals surface area contributed by atoms with Crippen LogP contribution >= 0.6 is 12.4 Å². The molecule has 0 spiro atoms. The minimum Gasteiger partial charge on any atom is -0.466 e. The smallest absolute Gasteiger partial charge is 0.307 e. The lowest BCUT2D eigenvalue weighted by Gasteiger charge is -2.46. The number of benzene rings is 1. The van der Waals surface area contributed by atoms with Gasteiger partial charge < -0.3 is 9.64 Å². The molecule has 0 N–H and O–H groups in total. The molecule has 1 saturated heterocycles. The quantitative estimate of drug-likeness (QED) is 0.797. The summed E-state index contributed by atoms with van der Waals surface area (Å²) < 4.78 is 5.01. The van der Waals surface area contributed by atoms with Crippen LogP contribution in [0, 0.1) is 0 Å². The van der Waals surface area contributed by atoms with E-state index in [0.29, 0.717) is 19.1 Å². The SMILES string of the molecule is CCOC(=O)CCN1CCN2c3ccccc3CCC2C1.Cl. The van der Waals surface area contributed by atoms with Crippen molar-refractivity contribution in [1.29, 1.82) is 0 Å². The average Bonchev–Trinajstić information content (AvgIpc) is 2.53. The van der Waals surface area contributed by atoms with Crippen LogP contribution in [0.5, 0.6) is 0 Å². The number of hydrogen-bond acceptors (Lipinski definition) is 4. The number of esters is 1. The van der Waals surface area contributed by atoms with E-state index in [2.05, 4.69) is 34.1 Å². The van der Waals surface area contributed by atoms with Gasteiger partial charge in [-0.25, -0.2) is 0 Å². The Kier molecular flexibility index (Phi) is 6.09. The van der Waals surface area contributed by atoms with Gasteiger partial charge in [-0.3, -0.25) is 9.69 Å². The Morgan fingerprint density at radius 1 is 1.32 bits per heavy atom. The van der Waals surface area contributed by atoms with Crippen molar-refractivity contribution in [3.05, 3.63) is 29.8 Å². The fourth-order valence-electron chi connectivity index (χ4n) is 3.49.